The summed E-state index contributed by atoms with van der Waals surface area (Å²) in [4.78, 5) is 18.2. The van der Waals surface area contributed by atoms with Crippen molar-refractivity contribution < 1.29 is 4.92 Å². The van der Waals surface area contributed by atoms with Crippen molar-refractivity contribution >= 4 is 34.4 Å². The quantitative estimate of drug-likeness (QED) is 0.479. The van der Waals surface area contributed by atoms with E-state index in [9.17, 15) is 10.1 Å². The van der Waals surface area contributed by atoms with Gasteiger partial charge >= 0.3 is 5.69 Å². The zero-order valence-electron chi connectivity index (χ0n) is 13.4. The molecule has 8 nitrogen and oxygen atoms in total. The highest BCUT2D eigenvalue weighted by Crippen LogP contribution is 2.33. The summed E-state index contributed by atoms with van der Waals surface area (Å²) < 4.78 is 0. The number of nitrogens with one attached hydrogen (secondary N) is 2. The fourth-order valence-corrected chi connectivity index (χ4v) is 2.28. The molecule has 4 N–H and O–H groups in total. The molecule has 0 aliphatic carbocycles. The third kappa shape index (κ3) is 3.63. The van der Waals surface area contributed by atoms with Crippen LogP contribution < -0.4 is 16.4 Å². The van der Waals surface area contributed by atoms with Gasteiger partial charge in [-0.2, -0.15) is 0 Å². The second-order valence-corrected chi connectivity index (χ2v) is 5.37. The number of nitrogens with zero attached hydrogens (tertiary/aromatic N) is 3. The molecule has 3 rings (SSSR count). The zero-order valence-corrected chi connectivity index (χ0v) is 13.4. The molecule has 0 radical (unpaired) electrons. The lowest BCUT2D eigenvalue weighted by atomic mass is 10.2. The first kappa shape index (κ1) is 16.2. The predicted octanol–water partition coefficient (Wildman–Crippen LogP) is 3.76. The van der Waals surface area contributed by atoms with Crippen LogP contribution in [0.2, 0.25) is 0 Å². The average molecular weight is 336 g/mol. The Morgan fingerprint density at radius 1 is 1.00 bits per heavy atom. The van der Waals surface area contributed by atoms with Crippen LogP contribution in [0.15, 0.2) is 54.9 Å². The highest BCUT2D eigenvalue weighted by Gasteiger charge is 2.21. The Morgan fingerprint density at radius 2 is 1.64 bits per heavy atom. The minimum absolute atomic E-state index is 0.0376. The van der Waals surface area contributed by atoms with Crippen molar-refractivity contribution in [3.05, 3.63) is 70.5 Å². The first-order valence-electron chi connectivity index (χ1n) is 7.49. The van der Waals surface area contributed by atoms with Crippen LogP contribution >= 0.6 is 0 Å². The van der Waals surface area contributed by atoms with Crippen LogP contribution in [0.25, 0.3) is 0 Å². The molecule has 0 bridgehead atoms. The number of aromatic nitrogens is 2. The molecular weight excluding hydrogens is 320 g/mol. The van der Waals surface area contributed by atoms with E-state index in [1.54, 1.807) is 6.07 Å². The van der Waals surface area contributed by atoms with Crippen molar-refractivity contribution in [1.82, 2.24) is 9.97 Å². The number of hydrogen-bond acceptors (Lipinski definition) is 7. The predicted molar refractivity (Wildman–Crippen MR) is 97.3 cm³/mol. The summed E-state index contributed by atoms with van der Waals surface area (Å²) >= 11 is 0. The Labute approximate surface area is 143 Å². The van der Waals surface area contributed by atoms with Gasteiger partial charge in [-0.1, -0.05) is 29.8 Å². The van der Waals surface area contributed by atoms with E-state index in [4.69, 9.17) is 5.73 Å². The van der Waals surface area contributed by atoms with E-state index in [0.717, 1.165) is 16.9 Å². The number of para-hydroxylation sites is 2. The van der Waals surface area contributed by atoms with Crippen LogP contribution in [0.3, 0.4) is 0 Å². The van der Waals surface area contributed by atoms with Crippen molar-refractivity contribution in [2.24, 2.45) is 0 Å². The van der Waals surface area contributed by atoms with E-state index in [-0.39, 0.29) is 17.3 Å². The maximum Gasteiger partial charge on any atom is 0.353 e. The van der Waals surface area contributed by atoms with E-state index in [2.05, 4.69) is 20.6 Å². The number of benzene rings is 2. The maximum atomic E-state index is 11.2. The summed E-state index contributed by atoms with van der Waals surface area (Å²) in [6, 6.07) is 15.2. The second kappa shape index (κ2) is 6.83. The molecule has 0 saturated carbocycles. The molecular formula is C17H16N6O2. The van der Waals surface area contributed by atoms with E-state index >= 15 is 0 Å². The third-order valence-electron chi connectivity index (χ3n) is 3.54. The Balaban J connectivity index is 1.93. The van der Waals surface area contributed by atoms with Gasteiger partial charge in [0.1, 0.15) is 6.33 Å². The summed E-state index contributed by atoms with van der Waals surface area (Å²) in [5.74, 6) is -0.151. The molecule has 8 heteroatoms. The number of anilines is 5. The van der Waals surface area contributed by atoms with Gasteiger partial charge in [-0.15, -0.1) is 0 Å². The molecule has 1 heterocycles. The van der Waals surface area contributed by atoms with Gasteiger partial charge in [-0.25, -0.2) is 9.97 Å². The number of nitro groups is 1. The number of hydrogen-bond donors (Lipinski definition) is 3. The Bertz CT molecular complexity index is 911. The lowest BCUT2D eigenvalue weighted by Crippen LogP contribution is -2.06. The largest absolute Gasteiger partial charge is 0.378 e. The summed E-state index contributed by atoms with van der Waals surface area (Å²) in [6.45, 7) is 2.01. The molecule has 0 fully saturated rings. The zero-order chi connectivity index (χ0) is 17.8. The topological polar surface area (TPSA) is 119 Å². The summed E-state index contributed by atoms with van der Waals surface area (Å²) in [7, 11) is 0. The molecule has 126 valence electrons. The molecule has 0 amide bonds. The van der Waals surface area contributed by atoms with Gasteiger partial charge in [0.25, 0.3) is 0 Å². The van der Waals surface area contributed by atoms with Gasteiger partial charge in [-0.05, 0) is 31.2 Å². The number of aryl methyl sites for hydroxylation is 1. The van der Waals surface area contributed by atoms with Crippen LogP contribution in [0.1, 0.15) is 5.56 Å². The van der Waals surface area contributed by atoms with Gasteiger partial charge in [0, 0.05) is 5.69 Å². The average Bonchev–Trinajstić information content (AvgIpc) is 2.58. The highest BCUT2D eigenvalue weighted by molar-refractivity contribution is 5.81. The highest BCUT2D eigenvalue weighted by atomic mass is 16.6. The van der Waals surface area contributed by atoms with Crippen molar-refractivity contribution in [1.29, 1.82) is 0 Å². The smallest absolute Gasteiger partial charge is 0.353 e. The minimum atomic E-state index is -0.603. The van der Waals surface area contributed by atoms with Crippen LogP contribution in [-0.4, -0.2) is 14.9 Å². The molecule has 1 aromatic heterocycles. The Hall–Kier alpha value is -3.68. The third-order valence-corrected chi connectivity index (χ3v) is 3.54. The standard InChI is InChI=1S/C17H16N6O2/c1-11-6-8-12(9-7-11)21-13-4-2-3-5-14(13)22-17-15(23(24)25)16(18)19-10-20-17/h2-10,21H,1H3,(H3,18,19,20,22). The summed E-state index contributed by atoms with van der Waals surface area (Å²) in [5.41, 5.74) is 8.68. The van der Waals surface area contributed by atoms with Crippen LogP contribution in [-0.2, 0) is 0 Å². The molecule has 0 unspecified atom stereocenters. The van der Waals surface area contributed by atoms with Gasteiger partial charge in [0.15, 0.2) is 0 Å². The fraction of sp³-hybridized carbons (Fsp3) is 0.0588. The molecule has 2 aromatic carbocycles. The minimum Gasteiger partial charge on any atom is -0.378 e. The molecule has 0 aliphatic heterocycles. The normalized spacial score (nSPS) is 10.3. The first-order chi connectivity index (χ1) is 12.0. The van der Waals surface area contributed by atoms with Gasteiger partial charge in [0.2, 0.25) is 11.6 Å². The molecule has 0 saturated heterocycles. The van der Waals surface area contributed by atoms with E-state index in [0.29, 0.717) is 5.69 Å². The van der Waals surface area contributed by atoms with Gasteiger partial charge in [-0.3, -0.25) is 10.1 Å². The van der Waals surface area contributed by atoms with E-state index in [1.807, 2.05) is 49.4 Å². The van der Waals surface area contributed by atoms with Crippen molar-refractivity contribution in [2.75, 3.05) is 16.4 Å². The molecule has 25 heavy (non-hydrogen) atoms. The van der Waals surface area contributed by atoms with E-state index in [1.165, 1.54) is 6.33 Å². The van der Waals surface area contributed by atoms with E-state index < -0.39 is 4.92 Å². The molecule has 0 spiro atoms. The van der Waals surface area contributed by atoms with Gasteiger partial charge in [0.05, 0.1) is 16.3 Å². The second-order valence-electron chi connectivity index (χ2n) is 5.37. The van der Waals surface area contributed by atoms with Crippen LogP contribution in [0.4, 0.5) is 34.4 Å². The first-order valence-corrected chi connectivity index (χ1v) is 7.49. The molecule has 3 aromatic rings. The number of nitrogen functional groups attached to an aromatic ring is 1. The monoisotopic (exact) mass is 336 g/mol. The van der Waals surface area contributed by atoms with Crippen LogP contribution in [0, 0.1) is 17.0 Å². The number of nitrogens with two attached hydrogens (primary N) is 1. The fourth-order valence-electron chi connectivity index (χ4n) is 2.28. The van der Waals surface area contributed by atoms with Crippen molar-refractivity contribution in [3.63, 3.8) is 0 Å². The Kier molecular flexibility index (Phi) is 4.42. The SMILES string of the molecule is Cc1ccc(Nc2ccccc2Nc2ncnc(N)c2[N+](=O)[O-])cc1. The lowest BCUT2D eigenvalue weighted by molar-refractivity contribution is -0.383. The van der Waals surface area contributed by atoms with Crippen LogP contribution in [0.5, 0.6) is 0 Å². The van der Waals surface area contributed by atoms with Crippen molar-refractivity contribution in [3.8, 4) is 0 Å². The number of rotatable bonds is 5. The summed E-state index contributed by atoms with van der Waals surface area (Å²) in [6.07, 6.45) is 1.18. The Morgan fingerprint density at radius 3 is 2.28 bits per heavy atom. The summed E-state index contributed by atoms with van der Waals surface area (Å²) in [5, 5.41) is 17.5. The van der Waals surface area contributed by atoms with Gasteiger partial charge < -0.3 is 16.4 Å². The lowest BCUT2D eigenvalue weighted by Gasteiger charge is -2.14. The maximum absolute atomic E-state index is 11.2. The molecule has 0 aliphatic rings. The van der Waals surface area contributed by atoms with Crippen molar-refractivity contribution in [2.45, 2.75) is 6.92 Å². The molecule has 0 atom stereocenters.